The summed E-state index contributed by atoms with van der Waals surface area (Å²) in [5.41, 5.74) is 1.26. The van der Waals surface area contributed by atoms with Crippen molar-refractivity contribution in [3.05, 3.63) is 42.0 Å². The van der Waals surface area contributed by atoms with Crippen LogP contribution in [0.15, 0.2) is 41.4 Å². The van der Waals surface area contributed by atoms with Crippen LogP contribution in [0.1, 0.15) is 12.5 Å². The number of nitrogens with zero attached hydrogens (tertiary/aromatic N) is 3. The van der Waals surface area contributed by atoms with E-state index in [4.69, 9.17) is 4.74 Å². The predicted molar refractivity (Wildman–Crippen MR) is 117 cm³/mol. The lowest BCUT2D eigenvalue weighted by Crippen LogP contribution is -2.52. The third-order valence-electron chi connectivity index (χ3n) is 4.04. The molecule has 0 unspecified atom stereocenters. The van der Waals surface area contributed by atoms with E-state index in [0.29, 0.717) is 13.2 Å². The molecule has 1 aliphatic rings. The average molecular weight is 458 g/mol. The Hall–Kier alpha value is -1.12. The molecular formula is C19H31IN4O. The molecule has 0 aliphatic carbocycles. The van der Waals surface area contributed by atoms with Crippen molar-refractivity contribution in [3.63, 3.8) is 0 Å². The predicted octanol–water partition coefficient (Wildman–Crippen LogP) is 2.55. The van der Waals surface area contributed by atoms with Crippen LogP contribution in [0.5, 0.6) is 0 Å². The molecule has 0 aromatic heterocycles. The van der Waals surface area contributed by atoms with E-state index in [0.717, 1.165) is 45.2 Å². The Morgan fingerprint density at radius 2 is 1.92 bits per heavy atom. The van der Waals surface area contributed by atoms with Crippen LogP contribution in [0.4, 0.5) is 0 Å². The Balaban J connectivity index is 0.00000312. The van der Waals surface area contributed by atoms with E-state index in [1.54, 1.807) is 7.11 Å². The second kappa shape index (κ2) is 13.1. The first kappa shape index (κ1) is 21.9. The van der Waals surface area contributed by atoms with E-state index in [-0.39, 0.29) is 24.0 Å². The number of nitrogens with one attached hydrogen (secondary N) is 1. The van der Waals surface area contributed by atoms with E-state index in [1.165, 1.54) is 5.56 Å². The second-order valence-corrected chi connectivity index (χ2v) is 5.83. The van der Waals surface area contributed by atoms with Crippen molar-refractivity contribution < 1.29 is 4.74 Å². The van der Waals surface area contributed by atoms with Gasteiger partial charge < -0.3 is 15.0 Å². The molecule has 1 saturated heterocycles. The van der Waals surface area contributed by atoms with Crippen molar-refractivity contribution in [1.82, 2.24) is 15.1 Å². The van der Waals surface area contributed by atoms with Crippen LogP contribution >= 0.6 is 24.0 Å². The first-order chi connectivity index (χ1) is 11.8. The molecule has 1 aromatic rings. The molecule has 1 heterocycles. The van der Waals surface area contributed by atoms with E-state index < -0.39 is 0 Å². The van der Waals surface area contributed by atoms with Gasteiger partial charge in [0.2, 0.25) is 0 Å². The number of piperazine rings is 1. The van der Waals surface area contributed by atoms with E-state index in [9.17, 15) is 0 Å². The lowest BCUT2D eigenvalue weighted by atomic mass is 10.2. The third kappa shape index (κ3) is 8.20. The highest BCUT2D eigenvalue weighted by atomic mass is 127. The molecule has 0 radical (unpaired) electrons. The fourth-order valence-electron chi connectivity index (χ4n) is 2.71. The smallest absolute Gasteiger partial charge is 0.194 e. The molecule has 1 aliphatic heterocycles. The number of rotatable bonds is 7. The summed E-state index contributed by atoms with van der Waals surface area (Å²) in [5.74, 6) is 1.01. The summed E-state index contributed by atoms with van der Waals surface area (Å²) in [4.78, 5) is 9.45. The summed E-state index contributed by atoms with van der Waals surface area (Å²) in [5, 5.41) is 3.38. The van der Waals surface area contributed by atoms with Crippen LogP contribution < -0.4 is 5.32 Å². The summed E-state index contributed by atoms with van der Waals surface area (Å²) >= 11 is 0. The van der Waals surface area contributed by atoms with Crippen LogP contribution in [0.25, 0.3) is 6.08 Å². The van der Waals surface area contributed by atoms with Crippen molar-refractivity contribution in [2.24, 2.45) is 4.99 Å². The quantitative estimate of drug-likeness (QED) is 0.295. The van der Waals surface area contributed by atoms with Gasteiger partial charge in [0.05, 0.1) is 13.2 Å². The maximum atomic E-state index is 5.09. The molecule has 1 fully saturated rings. The van der Waals surface area contributed by atoms with Gasteiger partial charge in [-0.15, -0.1) is 24.0 Å². The second-order valence-electron chi connectivity index (χ2n) is 5.83. The van der Waals surface area contributed by atoms with Gasteiger partial charge >= 0.3 is 0 Å². The van der Waals surface area contributed by atoms with Gasteiger partial charge in [-0.3, -0.25) is 9.89 Å². The number of benzene rings is 1. The standard InChI is InChI=1S/C19H30N4O.HI/c1-3-20-19(21-11-17-24-2)23-15-13-22(14-16-23)12-7-10-18-8-5-4-6-9-18;/h4-10H,3,11-17H2,1-2H3,(H,20,21);1H/b10-7+;. The number of aliphatic imine (C=N–C) groups is 1. The summed E-state index contributed by atoms with van der Waals surface area (Å²) in [6.45, 7) is 9.53. The molecule has 0 bridgehead atoms. The highest BCUT2D eigenvalue weighted by molar-refractivity contribution is 14.0. The normalized spacial score (nSPS) is 16.1. The van der Waals surface area contributed by atoms with Gasteiger partial charge in [-0.1, -0.05) is 42.5 Å². The zero-order chi connectivity index (χ0) is 17.0. The minimum atomic E-state index is 0. The van der Waals surface area contributed by atoms with Crippen molar-refractivity contribution in [3.8, 4) is 0 Å². The molecule has 1 N–H and O–H groups in total. The lowest BCUT2D eigenvalue weighted by molar-refractivity contribution is 0.192. The molecular weight excluding hydrogens is 427 g/mol. The molecule has 25 heavy (non-hydrogen) atoms. The third-order valence-corrected chi connectivity index (χ3v) is 4.04. The highest BCUT2D eigenvalue weighted by Gasteiger charge is 2.18. The van der Waals surface area contributed by atoms with Crippen LogP contribution in [-0.2, 0) is 4.74 Å². The largest absolute Gasteiger partial charge is 0.383 e. The number of methoxy groups -OCH3 is 1. The Kier molecular flexibility index (Phi) is 11.5. The Bertz CT molecular complexity index is 513. The molecule has 5 nitrogen and oxygen atoms in total. The van der Waals surface area contributed by atoms with Crippen molar-refractivity contribution in [2.75, 3.05) is 59.5 Å². The number of guanidine groups is 1. The molecule has 0 spiro atoms. The molecule has 0 amide bonds. The van der Waals surface area contributed by atoms with Crippen LogP contribution in [0.3, 0.4) is 0 Å². The van der Waals surface area contributed by atoms with Gasteiger partial charge in [0, 0.05) is 46.4 Å². The monoisotopic (exact) mass is 458 g/mol. The molecule has 0 atom stereocenters. The number of halogens is 1. The topological polar surface area (TPSA) is 40.1 Å². The average Bonchev–Trinajstić information content (AvgIpc) is 2.63. The highest BCUT2D eigenvalue weighted by Crippen LogP contribution is 2.05. The fraction of sp³-hybridized carbons (Fsp3) is 0.526. The first-order valence-electron chi connectivity index (χ1n) is 8.79. The van der Waals surface area contributed by atoms with Gasteiger partial charge in [-0.25, -0.2) is 0 Å². The zero-order valence-corrected chi connectivity index (χ0v) is 17.7. The maximum Gasteiger partial charge on any atom is 0.194 e. The van der Waals surface area contributed by atoms with Crippen LogP contribution in [-0.4, -0.2) is 75.3 Å². The maximum absolute atomic E-state index is 5.09. The summed E-state index contributed by atoms with van der Waals surface area (Å²) in [6, 6.07) is 10.5. The minimum absolute atomic E-state index is 0. The lowest BCUT2D eigenvalue weighted by Gasteiger charge is -2.36. The van der Waals surface area contributed by atoms with Crippen molar-refractivity contribution in [2.45, 2.75) is 6.92 Å². The van der Waals surface area contributed by atoms with Crippen LogP contribution in [0.2, 0.25) is 0 Å². The number of hydrogen-bond donors (Lipinski definition) is 1. The van der Waals surface area contributed by atoms with Gasteiger partial charge in [0.15, 0.2) is 5.96 Å². The summed E-state index contributed by atoms with van der Waals surface area (Å²) in [6.07, 6.45) is 4.45. The van der Waals surface area contributed by atoms with Crippen molar-refractivity contribution in [1.29, 1.82) is 0 Å². The van der Waals surface area contributed by atoms with Crippen molar-refractivity contribution >= 4 is 36.0 Å². The SMILES string of the molecule is CCNC(=NCCOC)N1CCN(C/C=C/c2ccccc2)CC1.I. The molecule has 0 saturated carbocycles. The Morgan fingerprint density at radius 1 is 1.20 bits per heavy atom. The summed E-state index contributed by atoms with van der Waals surface area (Å²) < 4.78 is 5.09. The minimum Gasteiger partial charge on any atom is -0.383 e. The van der Waals surface area contributed by atoms with E-state index >= 15 is 0 Å². The van der Waals surface area contributed by atoms with E-state index in [2.05, 4.69) is 63.5 Å². The number of ether oxygens (including phenoxy) is 1. The van der Waals surface area contributed by atoms with Gasteiger partial charge in [0.1, 0.15) is 0 Å². The molecule has 6 heteroatoms. The van der Waals surface area contributed by atoms with Gasteiger partial charge in [-0.05, 0) is 12.5 Å². The number of hydrogen-bond acceptors (Lipinski definition) is 3. The summed E-state index contributed by atoms with van der Waals surface area (Å²) in [7, 11) is 1.71. The van der Waals surface area contributed by atoms with E-state index in [1.807, 2.05) is 6.07 Å². The Labute approximate surface area is 169 Å². The van der Waals surface area contributed by atoms with Gasteiger partial charge in [0.25, 0.3) is 0 Å². The molecule has 140 valence electrons. The Morgan fingerprint density at radius 3 is 2.56 bits per heavy atom. The van der Waals surface area contributed by atoms with Crippen LogP contribution in [0, 0.1) is 0 Å². The fourth-order valence-corrected chi connectivity index (χ4v) is 2.71. The first-order valence-corrected chi connectivity index (χ1v) is 8.79. The molecule has 2 rings (SSSR count). The zero-order valence-electron chi connectivity index (χ0n) is 15.4. The molecule has 1 aromatic carbocycles. The van der Waals surface area contributed by atoms with Gasteiger partial charge in [-0.2, -0.15) is 0 Å².